The number of fused-ring (bicyclic) bond motifs is 1. The molecule has 0 saturated heterocycles. The van der Waals surface area contributed by atoms with Gasteiger partial charge in [-0.15, -0.1) is 0 Å². The highest BCUT2D eigenvalue weighted by Crippen LogP contribution is 2.31. The van der Waals surface area contributed by atoms with E-state index >= 15 is 0 Å². The molecular weight excluding hydrogens is 292 g/mol. The van der Waals surface area contributed by atoms with Gasteiger partial charge in [-0.3, -0.25) is 0 Å². The summed E-state index contributed by atoms with van der Waals surface area (Å²) < 4.78 is 5.69. The third-order valence-electron chi connectivity index (χ3n) is 3.98. The Morgan fingerprint density at radius 2 is 1.82 bits per heavy atom. The van der Waals surface area contributed by atoms with Crippen LogP contribution in [-0.4, -0.2) is 11.7 Å². The van der Waals surface area contributed by atoms with Crippen LogP contribution in [0.5, 0.6) is 5.75 Å². The summed E-state index contributed by atoms with van der Waals surface area (Å²) in [6.07, 6.45) is 0.908. The van der Waals surface area contributed by atoms with Crippen LogP contribution in [0.3, 0.4) is 0 Å². The molecule has 1 aliphatic rings. The number of aryl methyl sites for hydroxylation is 2. The number of ether oxygens (including phenoxy) is 1. The second-order valence-corrected chi connectivity index (χ2v) is 6.00. The van der Waals surface area contributed by atoms with Crippen molar-refractivity contribution in [1.29, 1.82) is 0 Å². The summed E-state index contributed by atoms with van der Waals surface area (Å²) in [5.74, 6) is 0.945. The molecule has 0 spiro atoms. The van der Waals surface area contributed by atoms with Crippen LogP contribution in [0.2, 0.25) is 0 Å². The van der Waals surface area contributed by atoms with Crippen LogP contribution < -0.4 is 15.4 Å². The molecule has 1 aliphatic heterocycles. The Hall–Kier alpha value is -2.07. The Labute approximate surface area is 136 Å². The average molecular weight is 312 g/mol. The molecule has 1 heterocycles. The second kappa shape index (κ2) is 6.36. The minimum atomic E-state index is 0.189. The van der Waals surface area contributed by atoms with E-state index in [1.807, 2.05) is 18.2 Å². The Bertz CT molecular complexity index is 679. The van der Waals surface area contributed by atoms with Crippen molar-refractivity contribution in [2.75, 3.05) is 11.9 Å². The maximum atomic E-state index is 5.69. The van der Waals surface area contributed by atoms with Crippen LogP contribution in [0, 0.1) is 13.8 Å². The lowest BCUT2D eigenvalue weighted by Crippen LogP contribution is -2.35. The molecule has 2 aromatic carbocycles. The minimum absolute atomic E-state index is 0.189. The largest absolute Gasteiger partial charge is 0.493 e. The van der Waals surface area contributed by atoms with Gasteiger partial charge in [0, 0.05) is 17.7 Å². The van der Waals surface area contributed by atoms with Crippen LogP contribution in [0.25, 0.3) is 0 Å². The fourth-order valence-electron chi connectivity index (χ4n) is 2.81. The topological polar surface area (TPSA) is 33.3 Å². The number of thiocarbonyl (C=S) groups is 1. The normalized spacial score (nSPS) is 16.4. The van der Waals surface area contributed by atoms with Crippen LogP contribution in [0.4, 0.5) is 5.69 Å². The molecule has 3 rings (SSSR count). The molecule has 4 heteroatoms. The predicted octanol–water partition coefficient (Wildman–Crippen LogP) is 4.11. The van der Waals surface area contributed by atoms with E-state index in [1.165, 1.54) is 16.7 Å². The van der Waals surface area contributed by atoms with Crippen molar-refractivity contribution >= 4 is 23.0 Å². The highest BCUT2D eigenvalue weighted by molar-refractivity contribution is 7.80. The number of rotatable bonds is 2. The Balaban J connectivity index is 1.73. The van der Waals surface area contributed by atoms with Crippen LogP contribution in [0.15, 0.2) is 42.5 Å². The number of nitrogens with one attached hydrogen (secondary N) is 2. The van der Waals surface area contributed by atoms with E-state index in [-0.39, 0.29) is 6.04 Å². The lowest BCUT2D eigenvalue weighted by Gasteiger charge is -2.28. The first-order valence-corrected chi connectivity index (χ1v) is 7.91. The minimum Gasteiger partial charge on any atom is -0.493 e. The van der Waals surface area contributed by atoms with Gasteiger partial charge in [-0.2, -0.15) is 0 Å². The molecule has 0 aromatic heterocycles. The molecule has 3 nitrogen and oxygen atoms in total. The first-order chi connectivity index (χ1) is 10.6. The zero-order valence-corrected chi connectivity index (χ0v) is 13.7. The molecule has 0 amide bonds. The lowest BCUT2D eigenvalue weighted by molar-refractivity contribution is 0.262. The van der Waals surface area contributed by atoms with E-state index in [1.54, 1.807) is 0 Å². The van der Waals surface area contributed by atoms with E-state index in [4.69, 9.17) is 17.0 Å². The number of para-hydroxylation sites is 2. The van der Waals surface area contributed by atoms with Crippen molar-refractivity contribution in [3.05, 3.63) is 59.2 Å². The fraction of sp³-hybridized carbons (Fsp3) is 0.278. The first-order valence-electron chi connectivity index (χ1n) is 7.50. The van der Waals surface area contributed by atoms with Crippen molar-refractivity contribution in [3.8, 4) is 5.75 Å². The number of anilines is 1. The fourth-order valence-corrected chi connectivity index (χ4v) is 3.06. The van der Waals surface area contributed by atoms with E-state index in [9.17, 15) is 0 Å². The van der Waals surface area contributed by atoms with Gasteiger partial charge in [-0.05, 0) is 43.3 Å². The molecule has 1 atom stereocenters. The maximum absolute atomic E-state index is 5.69. The molecule has 0 radical (unpaired) electrons. The molecule has 2 N–H and O–H groups in total. The molecule has 0 saturated carbocycles. The van der Waals surface area contributed by atoms with Gasteiger partial charge in [0.2, 0.25) is 0 Å². The highest BCUT2D eigenvalue weighted by Gasteiger charge is 2.21. The third-order valence-corrected chi connectivity index (χ3v) is 4.20. The zero-order valence-electron chi connectivity index (χ0n) is 12.8. The quantitative estimate of drug-likeness (QED) is 0.818. The molecule has 114 valence electrons. The molecule has 0 bridgehead atoms. The summed E-state index contributed by atoms with van der Waals surface area (Å²) in [6.45, 7) is 4.88. The van der Waals surface area contributed by atoms with E-state index in [0.29, 0.717) is 11.7 Å². The lowest BCUT2D eigenvalue weighted by atomic mass is 10.0. The molecule has 22 heavy (non-hydrogen) atoms. The van der Waals surface area contributed by atoms with Gasteiger partial charge in [-0.25, -0.2) is 0 Å². The maximum Gasteiger partial charge on any atom is 0.171 e. The summed E-state index contributed by atoms with van der Waals surface area (Å²) in [5.41, 5.74) is 4.63. The summed E-state index contributed by atoms with van der Waals surface area (Å²) in [5, 5.41) is 7.41. The molecule has 0 aliphatic carbocycles. The van der Waals surface area contributed by atoms with Crippen molar-refractivity contribution in [2.45, 2.75) is 26.3 Å². The summed E-state index contributed by atoms with van der Waals surface area (Å²) >= 11 is 5.50. The summed E-state index contributed by atoms with van der Waals surface area (Å²) in [4.78, 5) is 0. The van der Waals surface area contributed by atoms with Crippen LogP contribution >= 0.6 is 12.2 Å². The Morgan fingerprint density at radius 3 is 2.59 bits per heavy atom. The van der Waals surface area contributed by atoms with Crippen molar-refractivity contribution in [3.63, 3.8) is 0 Å². The summed E-state index contributed by atoms with van der Waals surface area (Å²) in [7, 11) is 0. The van der Waals surface area contributed by atoms with Gasteiger partial charge in [0.05, 0.1) is 12.6 Å². The van der Waals surface area contributed by atoms with E-state index in [2.05, 4.69) is 48.7 Å². The van der Waals surface area contributed by atoms with Gasteiger partial charge < -0.3 is 15.4 Å². The van der Waals surface area contributed by atoms with Crippen LogP contribution in [0.1, 0.15) is 29.2 Å². The van der Waals surface area contributed by atoms with E-state index < -0.39 is 0 Å². The smallest absolute Gasteiger partial charge is 0.171 e. The zero-order chi connectivity index (χ0) is 15.5. The SMILES string of the molecule is Cc1cccc(C)c1NC(=S)NC1CCOc2ccccc21. The van der Waals surface area contributed by atoms with Gasteiger partial charge in [0.15, 0.2) is 5.11 Å². The molecule has 2 aromatic rings. The number of hydrogen-bond acceptors (Lipinski definition) is 2. The monoisotopic (exact) mass is 312 g/mol. The second-order valence-electron chi connectivity index (χ2n) is 5.59. The van der Waals surface area contributed by atoms with Crippen molar-refractivity contribution < 1.29 is 4.74 Å². The standard InChI is InChI=1S/C18H20N2OS/c1-12-6-5-7-13(2)17(12)20-18(22)19-15-10-11-21-16-9-4-3-8-14(15)16/h3-9,15H,10-11H2,1-2H3,(H2,19,20,22). The van der Waals surface area contributed by atoms with Crippen molar-refractivity contribution in [1.82, 2.24) is 5.32 Å². The van der Waals surface area contributed by atoms with Crippen molar-refractivity contribution in [2.24, 2.45) is 0 Å². The highest BCUT2D eigenvalue weighted by atomic mass is 32.1. The Morgan fingerprint density at radius 1 is 1.09 bits per heavy atom. The molecular formula is C18H20N2OS. The summed E-state index contributed by atoms with van der Waals surface area (Å²) in [6, 6.07) is 14.5. The van der Waals surface area contributed by atoms with Gasteiger partial charge in [0.25, 0.3) is 0 Å². The van der Waals surface area contributed by atoms with Crippen LogP contribution in [-0.2, 0) is 0 Å². The number of hydrogen-bond donors (Lipinski definition) is 2. The average Bonchev–Trinajstić information content (AvgIpc) is 2.51. The molecule has 1 unspecified atom stereocenters. The Kier molecular flexibility index (Phi) is 4.29. The van der Waals surface area contributed by atoms with E-state index in [0.717, 1.165) is 17.9 Å². The predicted molar refractivity (Wildman–Crippen MR) is 94.6 cm³/mol. The first kappa shape index (κ1) is 14.9. The van der Waals surface area contributed by atoms with Gasteiger partial charge >= 0.3 is 0 Å². The van der Waals surface area contributed by atoms with Gasteiger partial charge in [0.1, 0.15) is 5.75 Å². The molecule has 0 fully saturated rings. The number of benzene rings is 2. The van der Waals surface area contributed by atoms with Gasteiger partial charge in [-0.1, -0.05) is 36.4 Å². The third kappa shape index (κ3) is 3.07.